The molecule has 0 fully saturated rings. The number of aryl methyl sites for hydroxylation is 2. The molecule has 19 heavy (non-hydrogen) atoms. The molecule has 4 nitrogen and oxygen atoms in total. The highest BCUT2D eigenvalue weighted by Crippen LogP contribution is 2.24. The lowest BCUT2D eigenvalue weighted by molar-refractivity contribution is 0.810. The summed E-state index contributed by atoms with van der Waals surface area (Å²) in [5, 5.41) is 6.54. The first-order valence-electron chi connectivity index (χ1n) is 6.04. The molecule has 3 aromatic rings. The lowest BCUT2D eigenvalue weighted by Crippen LogP contribution is -2.04. The van der Waals surface area contributed by atoms with Gasteiger partial charge in [0.05, 0.1) is 0 Å². The van der Waals surface area contributed by atoms with E-state index in [2.05, 4.69) is 21.1 Å². The Morgan fingerprint density at radius 3 is 2.53 bits per heavy atom. The monoisotopic (exact) mass is 272 g/mol. The van der Waals surface area contributed by atoms with Crippen LogP contribution in [0.15, 0.2) is 30.5 Å². The molecule has 0 aliphatic heterocycles. The summed E-state index contributed by atoms with van der Waals surface area (Å²) in [6.45, 7) is 3.80. The fourth-order valence-electron chi connectivity index (χ4n) is 2.23. The van der Waals surface area contributed by atoms with Crippen LogP contribution in [0.3, 0.4) is 0 Å². The van der Waals surface area contributed by atoms with E-state index in [1.807, 2.05) is 32.0 Å². The van der Waals surface area contributed by atoms with Crippen LogP contribution in [-0.2, 0) is 5.88 Å². The van der Waals surface area contributed by atoms with Crippen molar-refractivity contribution in [3.8, 4) is 5.82 Å². The standard InChI is InChI=1S/C14H13ClN4/c1-9-17-10(2)19(18-9)14-13-6-4-3-5-12(13)11(7-15)8-16-14/h3-6,8H,7H2,1-2H3. The molecule has 0 atom stereocenters. The second kappa shape index (κ2) is 4.63. The molecule has 1 aromatic carbocycles. The summed E-state index contributed by atoms with van der Waals surface area (Å²) in [6, 6.07) is 8.08. The third-order valence-electron chi connectivity index (χ3n) is 3.08. The van der Waals surface area contributed by atoms with Crippen LogP contribution in [0.5, 0.6) is 0 Å². The normalized spacial score (nSPS) is 11.1. The van der Waals surface area contributed by atoms with Gasteiger partial charge in [-0.25, -0.2) is 9.97 Å². The van der Waals surface area contributed by atoms with Crippen molar-refractivity contribution in [3.05, 3.63) is 47.7 Å². The third kappa shape index (κ3) is 1.98. The predicted molar refractivity (Wildman–Crippen MR) is 75.7 cm³/mol. The first-order valence-corrected chi connectivity index (χ1v) is 6.57. The third-order valence-corrected chi connectivity index (χ3v) is 3.36. The average Bonchev–Trinajstić information content (AvgIpc) is 2.76. The minimum Gasteiger partial charge on any atom is -0.236 e. The Kier molecular flexibility index (Phi) is 2.95. The van der Waals surface area contributed by atoms with Crippen molar-refractivity contribution in [2.75, 3.05) is 0 Å². The second-order valence-electron chi connectivity index (χ2n) is 4.40. The SMILES string of the molecule is Cc1nc(C)n(-c2ncc(CCl)c3ccccc23)n1. The lowest BCUT2D eigenvalue weighted by atomic mass is 10.1. The van der Waals surface area contributed by atoms with Crippen molar-refractivity contribution in [3.63, 3.8) is 0 Å². The van der Waals surface area contributed by atoms with Gasteiger partial charge in [-0.3, -0.25) is 0 Å². The zero-order chi connectivity index (χ0) is 13.4. The molecule has 0 spiro atoms. The van der Waals surface area contributed by atoms with Gasteiger partial charge in [0.2, 0.25) is 0 Å². The summed E-state index contributed by atoms with van der Waals surface area (Å²) in [5.41, 5.74) is 1.02. The summed E-state index contributed by atoms with van der Waals surface area (Å²) in [4.78, 5) is 8.82. The number of hydrogen-bond donors (Lipinski definition) is 0. The molecule has 0 unspecified atom stereocenters. The number of aromatic nitrogens is 4. The van der Waals surface area contributed by atoms with Crippen LogP contribution in [-0.4, -0.2) is 19.7 Å². The maximum absolute atomic E-state index is 5.96. The number of benzene rings is 1. The van der Waals surface area contributed by atoms with Crippen LogP contribution >= 0.6 is 11.6 Å². The van der Waals surface area contributed by atoms with Crippen molar-refractivity contribution < 1.29 is 0 Å². The van der Waals surface area contributed by atoms with E-state index in [0.717, 1.165) is 33.8 Å². The van der Waals surface area contributed by atoms with Gasteiger partial charge in [0, 0.05) is 17.5 Å². The molecule has 0 aliphatic rings. The van der Waals surface area contributed by atoms with Crippen LogP contribution in [0.4, 0.5) is 0 Å². The molecule has 2 aromatic heterocycles. The van der Waals surface area contributed by atoms with E-state index in [0.29, 0.717) is 5.88 Å². The van der Waals surface area contributed by atoms with E-state index in [-0.39, 0.29) is 0 Å². The number of nitrogens with zero attached hydrogens (tertiary/aromatic N) is 4. The van der Waals surface area contributed by atoms with Crippen LogP contribution < -0.4 is 0 Å². The van der Waals surface area contributed by atoms with Gasteiger partial charge in [-0.1, -0.05) is 24.3 Å². The maximum atomic E-state index is 5.96. The topological polar surface area (TPSA) is 43.6 Å². The van der Waals surface area contributed by atoms with Gasteiger partial charge in [-0.05, 0) is 24.8 Å². The first kappa shape index (κ1) is 12.1. The predicted octanol–water partition coefficient (Wildman–Crippen LogP) is 3.17. The van der Waals surface area contributed by atoms with E-state index in [4.69, 9.17) is 11.6 Å². The molecular formula is C14H13ClN4. The smallest absolute Gasteiger partial charge is 0.163 e. The van der Waals surface area contributed by atoms with Crippen LogP contribution in [0.25, 0.3) is 16.6 Å². The minimum atomic E-state index is 0.448. The van der Waals surface area contributed by atoms with Gasteiger partial charge in [-0.15, -0.1) is 16.7 Å². The molecule has 0 aliphatic carbocycles. The van der Waals surface area contributed by atoms with E-state index >= 15 is 0 Å². The van der Waals surface area contributed by atoms with Crippen LogP contribution in [0.1, 0.15) is 17.2 Å². The molecule has 0 N–H and O–H groups in total. The van der Waals surface area contributed by atoms with Gasteiger partial charge >= 0.3 is 0 Å². The average molecular weight is 273 g/mol. The summed E-state index contributed by atoms with van der Waals surface area (Å²) in [7, 11) is 0. The van der Waals surface area contributed by atoms with Gasteiger partial charge in [0.15, 0.2) is 5.82 Å². The highest BCUT2D eigenvalue weighted by molar-refractivity contribution is 6.18. The zero-order valence-electron chi connectivity index (χ0n) is 10.8. The van der Waals surface area contributed by atoms with Crippen molar-refractivity contribution in [1.29, 1.82) is 0 Å². The highest BCUT2D eigenvalue weighted by atomic mass is 35.5. The molecule has 2 heterocycles. The van der Waals surface area contributed by atoms with Crippen molar-refractivity contribution in [1.82, 2.24) is 19.7 Å². The molecule has 0 radical (unpaired) electrons. The molecule has 0 amide bonds. The maximum Gasteiger partial charge on any atom is 0.163 e. The Balaban J connectivity index is 2.34. The van der Waals surface area contributed by atoms with E-state index in [1.165, 1.54) is 0 Å². The Labute approximate surface area is 116 Å². The highest BCUT2D eigenvalue weighted by Gasteiger charge is 2.12. The number of hydrogen-bond acceptors (Lipinski definition) is 3. The lowest BCUT2D eigenvalue weighted by Gasteiger charge is -2.09. The molecule has 96 valence electrons. The molecule has 0 saturated carbocycles. The summed E-state index contributed by atoms with van der Waals surface area (Å²) in [6.07, 6.45) is 1.81. The number of fused-ring (bicyclic) bond motifs is 1. The van der Waals surface area contributed by atoms with Gasteiger partial charge in [0.1, 0.15) is 11.6 Å². The van der Waals surface area contributed by atoms with Crippen molar-refractivity contribution >= 4 is 22.4 Å². The summed E-state index contributed by atoms with van der Waals surface area (Å²) >= 11 is 5.96. The van der Waals surface area contributed by atoms with Crippen LogP contribution in [0.2, 0.25) is 0 Å². The summed E-state index contributed by atoms with van der Waals surface area (Å²) < 4.78 is 1.77. The summed E-state index contributed by atoms with van der Waals surface area (Å²) in [5.74, 6) is 2.81. The quantitative estimate of drug-likeness (QED) is 0.673. The molecule has 3 rings (SSSR count). The Hall–Kier alpha value is -1.94. The van der Waals surface area contributed by atoms with Crippen LogP contribution in [0, 0.1) is 13.8 Å². The Morgan fingerprint density at radius 2 is 1.89 bits per heavy atom. The largest absolute Gasteiger partial charge is 0.236 e. The second-order valence-corrected chi connectivity index (χ2v) is 4.67. The van der Waals surface area contributed by atoms with E-state index < -0.39 is 0 Å². The van der Waals surface area contributed by atoms with Gasteiger partial charge < -0.3 is 0 Å². The fourth-order valence-corrected chi connectivity index (χ4v) is 2.45. The van der Waals surface area contributed by atoms with Gasteiger partial charge in [0.25, 0.3) is 0 Å². The Morgan fingerprint density at radius 1 is 1.16 bits per heavy atom. The van der Waals surface area contributed by atoms with Gasteiger partial charge in [-0.2, -0.15) is 4.68 Å². The Bertz CT molecular complexity index is 748. The number of alkyl halides is 1. The van der Waals surface area contributed by atoms with Crippen molar-refractivity contribution in [2.24, 2.45) is 0 Å². The molecule has 5 heteroatoms. The zero-order valence-corrected chi connectivity index (χ0v) is 11.5. The van der Waals surface area contributed by atoms with E-state index in [9.17, 15) is 0 Å². The molecule has 0 saturated heterocycles. The number of halogens is 1. The van der Waals surface area contributed by atoms with Crippen molar-refractivity contribution in [2.45, 2.75) is 19.7 Å². The number of pyridine rings is 1. The molecular weight excluding hydrogens is 260 g/mol. The first-order chi connectivity index (χ1) is 9.20. The minimum absolute atomic E-state index is 0.448. The van der Waals surface area contributed by atoms with E-state index in [1.54, 1.807) is 10.9 Å². The molecule has 0 bridgehead atoms. The fraction of sp³-hybridized carbons (Fsp3) is 0.214. The number of rotatable bonds is 2.